The summed E-state index contributed by atoms with van der Waals surface area (Å²) >= 11 is 12.4. The standard InChI is InChI=1S/C25H22Cl2FN9O/c1-25(2)9-17(24-30-10-15(32-24)13-3-6-19(29)33-23(13)27)37-18(25)7-12(8-20(37)38)21-16(36-11-31-34-35-36)5-4-14(26)22(21)28/h3-6,8,10-11,17-18H,7,9H2,1-2H3,(H2,29,33)(H,30,32)/t17-,18-/m0/s1. The molecule has 2 atom stereocenters. The number of amides is 1. The zero-order valence-corrected chi connectivity index (χ0v) is 21.9. The van der Waals surface area contributed by atoms with E-state index in [1.807, 2.05) is 4.90 Å². The molecule has 38 heavy (non-hydrogen) atoms. The Morgan fingerprint density at radius 1 is 1.21 bits per heavy atom. The highest BCUT2D eigenvalue weighted by Crippen LogP contribution is 2.52. The number of aromatic nitrogens is 7. The number of anilines is 1. The normalized spacial score (nSPS) is 20.5. The summed E-state index contributed by atoms with van der Waals surface area (Å²) in [5.74, 6) is 0.0971. The van der Waals surface area contributed by atoms with E-state index in [2.05, 4.69) is 44.3 Å². The van der Waals surface area contributed by atoms with Crippen LogP contribution in [0.5, 0.6) is 0 Å². The monoisotopic (exact) mass is 553 g/mol. The fraction of sp³-hybridized carbons (Fsp3) is 0.280. The number of nitrogens with one attached hydrogen (secondary N) is 1. The van der Waals surface area contributed by atoms with E-state index in [9.17, 15) is 4.79 Å². The lowest BCUT2D eigenvalue weighted by Crippen LogP contribution is -2.43. The van der Waals surface area contributed by atoms with Crippen LogP contribution in [0.3, 0.4) is 0 Å². The number of aromatic amines is 1. The highest BCUT2D eigenvalue weighted by molar-refractivity contribution is 6.32. The van der Waals surface area contributed by atoms with Crippen LogP contribution in [0.2, 0.25) is 10.2 Å². The van der Waals surface area contributed by atoms with Gasteiger partial charge in [0, 0.05) is 23.2 Å². The minimum atomic E-state index is -0.621. The number of imidazole rings is 1. The molecule has 1 saturated heterocycles. The number of nitrogen functional groups attached to an aromatic ring is 1. The summed E-state index contributed by atoms with van der Waals surface area (Å²) in [5, 5.41) is 11.4. The maximum atomic E-state index is 15.4. The predicted molar refractivity (Wildman–Crippen MR) is 140 cm³/mol. The van der Waals surface area contributed by atoms with E-state index in [1.54, 1.807) is 24.4 Å². The third kappa shape index (κ3) is 3.93. The van der Waals surface area contributed by atoms with Crippen LogP contribution in [0.1, 0.15) is 44.1 Å². The Bertz CT molecular complexity index is 1600. The third-order valence-corrected chi connectivity index (χ3v) is 7.90. The van der Waals surface area contributed by atoms with E-state index in [-0.39, 0.29) is 39.1 Å². The van der Waals surface area contributed by atoms with Crippen molar-refractivity contribution < 1.29 is 9.18 Å². The lowest BCUT2D eigenvalue weighted by atomic mass is 9.78. The molecule has 0 bridgehead atoms. The van der Waals surface area contributed by atoms with E-state index < -0.39 is 5.82 Å². The van der Waals surface area contributed by atoms with Crippen molar-refractivity contribution in [1.29, 1.82) is 0 Å². The first-order chi connectivity index (χ1) is 18.1. The Hall–Kier alpha value is -3.83. The zero-order chi connectivity index (χ0) is 26.8. The molecular weight excluding hydrogens is 532 g/mol. The van der Waals surface area contributed by atoms with Gasteiger partial charge in [-0.1, -0.05) is 37.0 Å². The average Bonchev–Trinajstić information content (AvgIpc) is 3.61. The van der Waals surface area contributed by atoms with E-state index in [1.165, 1.54) is 23.2 Å². The van der Waals surface area contributed by atoms with Gasteiger partial charge in [0.25, 0.3) is 0 Å². The number of benzene rings is 1. The number of rotatable bonds is 4. The summed E-state index contributed by atoms with van der Waals surface area (Å²) in [4.78, 5) is 27.5. The number of carbonyl (C=O) groups is 1. The number of hydrogen-bond acceptors (Lipinski definition) is 7. The fourth-order valence-electron chi connectivity index (χ4n) is 5.50. The number of fused-ring (bicyclic) bond motifs is 1. The van der Waals surface area contributed by atoms with Gasteiger partial charge in [-0.15, -0.1) is 5.10 Å². The Balaban J connectivity index is 1.39. The van der Waals surface area contributed by atoms with Crippen molar-refractivity contribution in [3.8, 4) is 16.9 Å². The first-order valence-electron chi connectivity index (χ1n) is 11.9. The van der Waals surface area contributed by atoms with Crippen molar-refractivity contribution in [2.45, 2.75) is 38.8 Å². The molecule has 4 aromatic rings. The van der Waals surface area contributed by atoms with Crippen molar-refractivity contribution in [2.24, 2.45) is 5.41 Å². The average molecular weight is 554 g/mol. The van der Waals surface area contributed by atoms with E-state index in [0.29, 0.717) is 47.0 Å². The second kappa shape index (κ2) is 8.88. The summed E-state index contributed by atoms with van der Waals surface area (Å²) in [6.45, 7) is 4.20. The number of H-pyrrole nitrogens is 1. The van der Waals surface area contributed by atoms with Gasteiger partial charge in [0.1, 0.15) is 23.1 Å². The molecule has 0 spiro atoms. The molecule has 13 heteroatoms. The van der Waals surface area contributed by atoms with Gasteiger partial charge in [-0.25, -0.2) is 14.4 Å². The predicted octanol–water partition coefficient (Wildman–Crippen LogP) is 4.63. The van der Waals surface area contributed by atoms with Crippen molar-refractivity contribution in [1.82, 2.24) is 40.1 Å². The quantitative estimate of drug-likeness (QED) is 0.352. The van der Waals surface area contributed by atoms with E-state index in [0.717, 1.165) is 0 Å². The summed E-state index contributed by atoms with van der Waals surface area (Å²) in [7, 11) is 0. The van der Waals surface area contributed by atoms with Crippen LogP contribution in [0, 0.1) is 11.2 Å². The number of tetrazole rings is 1. The van der Waals surface area contributed by atoms with Gasteiger partial charge in [0.15, 0.2) is 5.82 Å². The molecule has 1 amide bonds. The molecule has 2 aliphatic heterocycles. The zero-order valence-electron chi connectivity index (χ0n) is 20.4. The molecule has 10 nitrogen and oxygen atoms in total. The number of carbonyl (C=O) groups excluding carboxylic acids is 1. The molecule has 0 unspecified atom stereocenters. The highest BCUT2D eigenvalue weighted by Gasteiger charge is 2.51. The van der Waals surface area contributed by atoms with Crippen molar-refractivity contribution in [3.63, 3.8) is 0 Å². The Morgan fingerprint density at radius 3 is 2.76 bits per heavy atom. The first kappa shape index (κ1) is 24.5. The molecular formula is C25H22Cl2FN9O. The minimum absolute atomic E-state index is 0.0462. The SMILES string of the molecule is CC1(C)C[C@@H](c2ncc(-c3ccc(N)nc3Cl)[nH]2)N2C(=O)C=C(c3c(-n4cnnn4)ccc(Cl)c3F)C[C@H]21. The Labute approximate surface area is 226 Å². The van der Waals surface area contributed by atoms with Gasteiger partial charge in [-0.05, 0) is 58.5 Å². The maximum Gasteiger partial charge on any atom is 0.247 e. The largest absolute Gasteiger partial charge is 0.384 e. The molecule has 3 aromatic heterocycles. The molecule has 6 rings (SSSR count). The molecule has 194 valence electrons. The van der Waals surface area contributed by atoms with E-state index in [4.69, 9.17) is 28.9 Å². The van der Waals surface area contributed by atoms with Gasteiger partial charge < -0.3 is 15.6 Å². The van der Waals surface area contributed by atoms with Gasteiger partial charge in [0.2, 0.25) is 5.91 Å². The third-order valence-electron chi connectivity index (χ3n) is 7.32. The minimum Gasteiger partial charge on any atom is -0.384 e. The topological polar surface area (TPSA) is 132 Å². The fourth-order valence-corrected chi connectivity index (χ4v) is 5.92. The van der Waals surface area contributed by atoms with Gasteiger partial charge >= 0.3 is 0 Å². The number of halogens is 3. The molecule has 1 fully saturated rings. The molecule has 2 aliphatic rings. The number of hydrogen-bond donors (Lipinski definition) is 2. The van der Waals surface area contributed by atoms with Crippen molar-refractivity contribution in [3.05, 3.63) is 70.2 Å². The van der Waals surface area contributed by atoms with Crippen LogP contribution in [0.4, 0.5) is 10.2 Å². The van der Waals surface area contributed by atoms with Gasteiger partial charge in [0.05, 0.1) is 28.6 Å². The lowest BCUT2D eigenvalue weighted by molar-refractivity contribution is -0.130. The van der Waals surface area contributed by atoms with Crippen LogP contribution in [-0.4, -0.2) is 52.0 Å². The van der Waals surface area contributed by atoms with Gasteiger partial charge in [-0.3, -0.25) is 4.79 Å². The van der Waals surface area contributed by atoms with Crippen LogP contribution in [-0.2, 0) is 4.79 Å². The van der Waals surface area contributed by atoms with Crippen molar-refractivity contribution in [2.75, 3.05) is 5.73 Å². The molecule has 0 aliphatic carbocycles. The molecule has 3 N–H and O–H groups in total. The number of nitrogens with two attached hydrogens (primary N) is 1. The van der Waals surface area contributed by atoms with Crippen LogP contribution in [0.15, 0.2) is 42.9 Å². The van der Waals surface area contributed by atoms with Crippen molar-refractivity contribution >= 4 is 40.5 Å². The summed E-state index contributed by atoms with van der Waals surface area (Å²) < 4.78 is 16.8. The molecule has 1 aromatic carbocycles. The number of nitrogens with zero attached hydrogens (tertiary/aromatic N) is 7. The van der Waals surface area contributed by atoms with Crippen LogP contribution < -0.4 is 5.73 Å². The summed E-state index contributed by atoms with van der Waals surface area (Å²) in [5.41, 5.74) is 7.91. The second-order valence-electron chi connectivity index (χ2n) is 10.1. The summed E-state index contributed by atoms with van der Waals surface area (Å²) in [6, 6.07) is 6.00. The smallest absolute Gasteiger partial charge is 0.247 e. The molecule has 5 heterocycles. The maximum absolute atomic E-state index is 15.4. The van der Waals surface area contributed by atoms with E-state index >= 15 is 4.39 Å². The lowest BCUT2D eigenvalue weighted by Gasteiger charge is -2.37. The number of pyridine rings is 1. The van der Waals surface area contributed by atoms with Crippen LogP contribution in [0.25, 0.3) is 22.5 Å². The Kier molecular flexibility index (Phi) is 5.73. The van der Waals surface area contributed by atoms with Crippen LogP contribution >= 0.6 is 23.2 Å². The molecule has 0 saturated carbocycles. The highest BCUT2D eigenvalue weighted by atomic mass is 35.5. The van der Waals surface area contributed by atoms with Gasteiger partial charge in [-0.2, -0.15) is 4.68 Å². The summed E-state index contributed by atoms with van der Waals surface area (Å²) in [6.07, 6.45) is 5.59. The Morgan fingerprint density at radius 2 is 2.03 bits per heavy atom. The molecule has 0 radical (unpaired) electrons. The second-order valence-corrected chi connectivity index (χ2v) is 10.9. The first-order valence-corrected chi connectivity index (χ1v) is 12.6.